The van der Waals surface area contributed by atoms with Crippen LogP contribution in [0.1, 0.15) is 10.4 Å². The number of hydrogen-bond acceptors (Lipinski definition) is 2. The summed E-state index contributed by atoms with van der Waals surface area (Å²) in [7, 11) is 0. The van der Waals surface area contributed by atoms with Gasteiger partial charge in [0.1, 0.15) is 0 Å². The summed E-state index contributed by atoms with van der Waals surface area (Å²) in [6.07, 6.45) is 0. The summed E-state index contributed by atoms with van der Waals surface area (Å²) in [5, 5.41) is 15.1. The molecule has 4 rings (SSSR count). The van der Waals surface area contributed by atoms with Crippen LogP contribution in [0.2, 0.25) is 0 Å². The molecule has 0 heterocycles. The average Bonchev–Trinajstić information content (AvgIpc) is 3.16. The molecule has 2 N–H and O–H groups in total. The molecule has 0 aromatic heterocycles. The number of benzene rings is 3. The van der Waals surface area contributed by atoms with E-state index in [4.69, 9.17) is 5.11 Å². The first-order valence-corrected chi connectivity index (χ1v) is 8.21. The summed E-state index contributed by atoms with van der Waals surface area (Å²) in [4.78, 5) is 12.8. The van der Waals surface area contributed by atoms with Crippen molar-refractivity contribution in [1.29, 1.82) is 0 Å². The summed E-state index contributed by atoms with van der Waals surface area (Å²) in [6.45, 7) is -0.709. The van der Waals surface area contributed by atoms with Crippen LogP contribution in [0.4, 0.5) is 8.78 Å². The molecule has 5 heteroatoms. The van der Waals surface area contributed by atoms with Crippen LogP contribution < -0.4 is 5.32 Å². The molecule has 1 fully saturated rings. The Morgan fingerprint density at radius 1 is 1.00 bits per heavy atom. The predicted molar refractivity (Wildman–Crippen MR) is 92.8 cm³/mol. The molecule has 1 amide bonds. The maximum atomic E-state index is 13.5. The minimum atomic E-state index is -2.90. The Bertz CT molecular complexity index is 916. The van der Waals surface area contributed by atoms with E-state index >= 15 is 0 Å². The van der Waals surface area contributed by atoms with E-state index < -0.39 is 24.4 Å². The molecule has 25 heavy (non-hydrogen) atoms. The minimum absolute atomic E-state index is 0.144. The second-order valence-electron chi connectivity index (χ2n) is 6.47. The molecule has 128 valence electrons. The lowest BCUT2D eigenvalue weighted by atomic mass is 9.96. The lowest BCUT2D eigenvalue weighted by Crippen LogP contribution is -2.27. The lowest BCUT2D eigenvalue weighted by Gasteiger charge is -2.12. The highest BCUT2D eigenvalue weighted by Crippen LogP contribution is 2.54. The number of carbonyl (C=O) groups is 1. The first kappa shape index (κ1) is 16.0. The van der Waals surface area contributed by atoms with Crippen LogP contribution in [0.5, 0.6) is 0 Å². The van der Waals surface area contributed by atoms with E-state index in [2.05, 4.69) is 5.32 Å². The highest BCUT2D eigenvalue weighted by Gasteiger charge is 2.67. The monoisotopic (exact) mass is 341 g/mol. The summed E-state index contributed by atoms with van der Waals surface area (Å²) < 4.78 is 27.0. The number of carbonyl (C=O) groups excluding carboxylic acids is 1. The second-order valence-corrected chi connectivity index (χ2v) is 6.47. The van der Waals surface area contributed by atoms with Crippen LogP contribution in [0.15, 0.2) is 54.6 Å². The fraction of sp³-hybridized carbons (Fsp3) is 0.250. The van der Waals surface area contributed by atoms with E-state index in [0.717, 1.165) is 21.5 Å². The van der Waals surface area contributed by atoms with Crippen molar-refractivity contribution >= 4 is 27.5 Å². The number of nitrogens with one attached hydrogen (secondary N) is 1. The Balaban J connectivity index is 1.70. The van der Waals surface area contributed by atoms with Gasteiger partial charge in [0.2, 0.25) is 0 Å². The van der Waals surface area contributed by atoms with Crippen molar-refractivity contribution in [3.63, 3.8) is 0 Å². The summed E-state index contributed by atoms with van der Waals surface area (Å²) >= 11 is 0. The smallest absolute Gasteiger partial charge is 0.258 e. The van der Waals surface area contributed by atoms with Crippen LogP contribution in [0, 0.1) is 11.8 Å². The summed E-state index contributed by atoms with van der Waals surface area (Å²) in [5.41, 5.74) is 0.498. The number of rotatable bonds is 4. The number of amides is 1. The fourth-order valence-corrected chi connectivity index (χ4v) is 3.54. The maximum absolute atomic E-state index is 13.5. The zero-order valence-electron chi connectivity index (χ0n) is 13.4. The SMILES string of the molecule is O=C(NCC1C(CO)C1(F)F)c1c2ccccc2cc2ccccc12. The van der Waals surface area contributed by atoms with Gasteiger partial charge < -0.3 is 10.4 Å². The van der Waals surface area contributed by atoms with E-state index in [9.17, 15) is 13.6 Å². The zero-order chi connectivity index (χ0) is 17.6. The van der Waals surface area contributed by atoms with Gasteiger partial charge in [0.25, 0.3) is 11.8 Å². The first-order chi connectivity index (χ1) is 12.0. The van der Waals surface area contributed by atoms with Gasteiger partial charge in [-0.2, -0.15) is 0 Å². The molecule has 0 bridgehead atoms. The predicted octanol–water partition coefficient (Wildman–Crippen LogP) is 3.60. The van der Waals surface area contributed by atoms with Crippen LogP contribution in [-0.2, 0) is 0 Å². The molecule has 3 aromatic carbocycles. The molecule has 1 saturated carbocycles. The third kappa shape index (κ3) is 2.55. The van der Waals surface area contributed by atoms with Crippen molar-refractivity contribution in [3.05, 3.63) is 60.2 Å². The van der Waals surface area contributed by atoms with E-state index in [0.29, 0.717) is 5.56 Å². The molecular formula is C20H17F2NO2. The third-order valence-corrected chi connectivity index (χ3v) is 5.04. The Morgan fingerprint density at radius 3 is 2.08 bits per heavy atom. The summed E-state index contributed by atoms with van der Waals surface area (Å²) in [5.74, 6) is -5.32. The molecule has 3 aromatic rings. The molecular weight excluding hydrogens is 324 g/mol. The van der Waals surface area contributed by atoms with Crippen molar-refractivity contribution < 1.29 is 18.7 Å². The van der Waals surface area contributed by atoms with E-state index in [1.165, 1.54) is 0 Å². The number of fused-ring (bicyclic) bond motifs is 2. The standard InChI is InChI=1S/C20H17F2NO2/c21-20(22)16(17(20)11-24)10-23-19(25)18-14-7-3-1-5-12(14)9-13-6-2-4-8-15(13)18/h1-9,16-17,24H,10-11H2,(H,23,25). The van der Waals surface area contributed by atoms with Crippen molar-refractivity contribution in [2.45, 2.75) is 5.92 Å². The topological polar surface area (TPSA) is 49.3 Å². The molecule has 0 spiro atoms. The summed E-state index contributed by atoms with van der Waals surface area (Å²) in [6, 6.07) is 17.1. The van der Waals surface area contributed by atoms with Crippen LogP contribution in [0.3, 0.4) is 0 Å². The number of halogens is 2. The highest BCUT2D eigenvalue weighted by molar-refractivity contribution is 6.18. The average molecular weight is 341 g/mol. The molecule has 2 atom stereocenters. The molecule has 0 saturated heterocycles. The third-order valence-electron chi connectivity index (χ3n) is 5.04. The maximum Gasteiger partial charge on any atom is 0.258 e. The van der Waals surface area contributed by atoms with Gasteiger partial charge in [-0.15, -0.1) is 0 Å². The Morgan fingerprint density at radius 2 is 1.56 bits per heavy atom. The normalized spacial score (nSPS) is 21.4. The zero-order valence-corrected chi connectivity index (χ0v) is 13.4. The van der Waals surface area contributed by atoms with Gasteiger partial charge in [-0.1, -0.05) is 48.5 Å². The number of aliphatic hydroxyl groups is 1. The van der Waals surface area contributed by atoms with Crippen molar-refractivity contribution in [3.8, 4) is 0 Å². The Hall–Kier alpha value is -2.53. The van der Waals surface area contributed by atoms with Gasteiger partial charge in [0, 0.05) is 6.54 Å². The van der Waals surface area contributed by atoms with Crippen molar-refractivity contribution in [2.24, 2.45) is 11.8 Å². The number of aliphatic hydroxyl groups excluding tert-OH is 1. The molecule has 0 radical (unpaired) electrons. The minimum Gasteiger partial charge on any atom is -0.396 e. The molecule has 2 unspecified atom stereocenters. The van der Waals surface area contributed by atoms with Gasteiger partial charge >= 0.3 is 0 Å². The second kappa shape index (κ2) is 5.77. The Kier molecular flexibility index (Phi) is 3.69. The number of alkyl halides is 2. The van der Waals surface area contributed by atoms with Gasteiger partial charge in [0.15, 0.2) is 0 Å². The van der Waals surface area contributed by atoms with E-state index in [-0.39, 0.29) is 12.5 Å². The quantitative estimate of drug-likeness (QED) is 0.713. The van der Waals surface area contributed by atoms with Gasteiger partial charge in [-0.25, -0.2) is 8.78 Å². The largest absolute Gasteiger partial charge is 0.396 e. The number of hydrogen-bond donors (Lipinski definition) is 2. The molecule has 3 nitrogen and oxygen atoms in total. The van der Waals surface area contributed by atoms with Gasteiger partial charge in [-0.05, 0) is 27.6 Å². The fourth-order valence-electron chi connectivity index (χ4n) is 3.54. The van der Waals surface area contributed by atoms with Crippen LogP contribution >= 0.6 is 0 Å². The molecule has 0 aliphatic heterocycles. The molecule has 1 aliphatic carbocycles. The first-order valence-electron chi connectivity index (χ1n) is 8.21. The van der Waals surface area contributed by atoms with Crippen molar-refractivity contribution in [2.75, 3.05) is 13.2 Å². The lowest BCUT2D eigenvalue weighted by molar-refractivity contribution is 0.0715. The molecule has 1 aliphatic rings. The highest BCUT2D eigenvalue weighted by atomic mass is 19.3. The van der Waals surface area contributed by atoms with Crippen LogP contribution in [-0.4, -0.2) is 30.1 Å². The van der Waals surface area contributed by atoms with Gasteiger partial charge in [0.05, 0.1) is 24.0 Å². The van der Waals surface area contributed by atoms with Crippen molar-refractivity contribution in [1.82, 2.24) is 5.32 Å². The van der Waals surface area contributed by atoms with Gasteiger partial charge in [-0.3, -0.25) is 4.79 Å². The van der Waals surface area contributed by atoms with E-state index in [1.54, 1.807) is 0 Å². The Labute approximate surface area is 143 Å². The van der Waals surface area contributed by atoms with E-state index in [1.807, 2.05) is 54.6 Å². The van der Waals surface area contributed by atoms with Crippen LogP contribution in [0.25, 0.3) is 21.5 Å².